The highest BCUT2D eigenvalue weighted by Gasteiger charge is 2.16. The Bertz CT molecular complexity index is 517. The maximum atomic E-state index is 13.6. The van der Waals surface area contributed by atoms with E-state index in [9.17, 15) is 17.2 Å². The maximum absolute atomic E-state index is 13.6. The minimum Gasteiger partial charge on any atom is -0.313 e. The molecule has 0 amide bonds. The number of hydrogen-bond donors (Lipinski definition) is 1. The van der Waals surface area contributed by atoms with Gasteiger partial charge in [0.15, 0.2) is 0 Å². The molecule has 0 heterocycles. The van der Waals surface area contributed by atoms with Crippen molar-refractivity contribution in [3.8, 4) is 0 Å². The van der Waals surface area contributed by atoms with E-state index < -0.39 is 21.5 Å². The van der Waals surface area contributed by atoms with Gasteiger partial charge in [0.25, 0.3) is 0 Å². The molecule has 1 aromatic rings. The molecule has 1 atom stereocenters. The Labute approximate surface area is 112 Å². The van der Waals surface area contributed by atoms with E-state index in [2.05, 4.69) is 5.32 Å². The van der Waals surface area contributed by atoms with Crippen LogP contribution in [0.3, 0.4) is 0 Å². The topological polar surface area (TPSA) is 46.2 Å². The summed E-state index contributed by atoms with van der Waals surface area (Å²) in [5.74, 6) is -0.818. The predicted octanol–water partition coefficient (Wildman–Crippen LogP) is 2.44. The van der Waals surface area contributed by atoms with Gasteiger partial charge in [-0.05, 0) is 38.1 Å². The minimum absolute atomic E-state index is 0.0681. The Morgan fingerprint density at radius 1 is 1.32 bits per heavy atom. The monoisotopic (exact) mass is 291 g/mol. The highest BCUT2D eigenvalue weighted by Crippen LogP contribution is 2.22. The molecule has 1 N–H and O–H groups in total. The van der Waals surface area contributed by atoms with Crippen molar-refractivity contribution in [2.24, 2.45) is 0 Å². The van der Waals surface area contributed by atoms with Crippen molar-refractivity contribution in [3.63, 3.8) is 0 Å². The number of rotatable bonds is 7. The van der Waals surface area contributed by atoms with E-state index in [1.165, 1.54) is 0 Å². The molecular formula is C13H19F2NO2S. The van der Waals surface area contributed by atoms with Crippen molar-refractivity contribution in [1.82, 2.24) is 5.32 Å². The average Bonchev–Trinajstić information content (AvgIpc) is 2.38. The van der Waals surface area contributed by atoms with Gasteiger partial charge in [0.05, 0.1) is 5.75 Å². The van der Waals surface area contributed by atoms with Gasteiger partial charge in [-0.15, -0.1) is 0 Å². The van der Waals surface area contributed by atoms with Crippen LogP contribution in [0.1, 0.15) is 31.4 Å². The third-order valence-corrected chi connectivity index (χ3v) is 4.86. The van der Waals surface area contributed by atoms with Gasteiger partial charge in [0.2, 0.25) is 0 Å². The summed E-state index contributed by atoms with van der Waals surface area (Å²) in [6, 6.07) is 2.90. The van der Waals surface area contributed by atoms with Crippen LogP contribution < -0.4 is 5.32 Å². The van der Waals surface area contributed by atoms with Gasteiger partial charge in [0, 0.05) is 17.4 Å². The summed E-state index contributed by atoms with van der Waals surface area (Å²) < 4.78 is 49.5. The molecule has 0 aliphatic heterocycles. The first-order valence-electron chi connectivity index (χ1n) is 6.22. The number of nitrogens with one attached hydrogen (secondary N) is 1. The molecule has 6 heteroatoms. The van der Waals surface area contributed by atoms with Crippen LogP contribution >= 0.6 is 0 Å². The highest BCUT2D eigenvalue weighted by atomic mass is 32.2. The Morgan fingerprint density at radius 3 is 2.58 bits per heavy atom. The maximum Gasteiger partial charge on any atom is 0.150 e. The third kappa shape index (κ3) is 4.87. The van der Waals surface area contributed by atoms with Gasteiger partial charge in [-0.3, -0.25) is 0 Å². The lowest BCUT2D eigenvalue weighted by Crippen LogP contribution is -2.19. The Balaban J connectivity index is 2.71. The van der Waals surface area contributed by atoms with Gasteiger partial charge in [-0.2, -0.15) is 0 Å². The Kier molecular flexibility index (Phi) is 5.87. The van der Waals surface area contributed by atoms with Crippen LogP contribution in [-0.4, -0.2) is 27.0 Å². The first-order valence-corrected chi connectivity index (χ1v) is 8.04. The van der Waals surface area contributed by atoms with Gasteiger partial charge in [-0.25, -0.2) is 17.2 Å². The molecule has 3 nitrogen and oxygen atoms in total. The summed E-state index contributed by atoms with van der Waals surface area (Å²) in [6.07, 6.45) is 0.855. The molecule has 1 aromatic carbocycles. The van der Waals surface area contributed by atoms with E-state index >= 15 is 0 Å². The van der Waals surface area contributed by atoms with Crippen LogP contribution in [0.5, 0.6) is 0 Å². The van der Waals surface area contributed by atoms with Crippen LogP contribution in [0.15, 0.2) is 18.2 Å². The lowest BCUT2D eigenvalue weighted by molar-refractivity contribution is 0.495. The molecule has 1 unspecified atom stereocenters. The largest absolute Gasteiger partial charge is 0.313 e. The first kappa shape index (κ1) is 16.0. The Morgan fingerprint density at radius 2 is 2.00 bits per heavy atom. The van der Waals surface area contributed by atoms with Gasteiger partial charge < -0.3 is 5.32 Å². The van der Waals surface area contributed by atoms with Crippen molar-refractivity contribution in [2.45, 2.75) is 25.8 Å². The number of hydrogen-bond acceptors (Lipinski definition) is 3. The van der Waals surface area contributed by atoms with Crippen LogP contribution in [0.2, 0.25) is 0 Å². The zero-order valence-electron chi connectivity index (χ0n) is 11.1. The predicted molar refractivity (Wildman–Crippen MR) is 71.7 cm³/mol. The zero-order chi connectivity index (χ0) is 14.5. The van der Waals surface area contributed by atoms with Crippen LogP contribution in [0.25, 0.3) is 0 Å². The first-order chi connectivity index (χ1) is 8.89. The summed E-state index contributed by atoms with van der Waals surface area (Å²) in [6.45, 7) is 1.59. The van der Waals surface area contributed by atoms with E-state index in [0.29, 0.717) is 12.8 Å². The summed E-state index contributed by atoms with van der Waals surface area (Å²) in [5, 5.41) is 2.89. The second-order valence-electron chi connectivity index (χ2n) is 4.39. The molecule has 0 saturated carbocycles. The molecule has 108 valence electrons. The van der Waals surface area contributed by atoms with E-state index in [-0.39, 0.29) is 23.1 Å². The molecule has 0 aliphatic carbocycles. The van der Waals surface area contributed by atoms with Crippen molar-refractivity contribution in [3.05, 3.63) is 35.4 Å². The molecule has 0 aromatic heterocycles. The van der Waals surface area contributed by atoms with Crippen molar-refractivity contribution >= 4 is 9.84 Å². The van der Waals surface area contributed by atoms with E-state index in [1.807, 2.05) is 0 Å². The normalized spacial score (nSPS) is 13.5. The van der Waals surface area contributed by atoms with Gasteiger partial charge >= 0.3 is 0 Å². The molecular weight excluding hydrogens is 272 g/mol. The second-order valence-corrected chi connectivity index (χ2v) is 6.86. The SMILES string of the molecule is CCS(=O)(=O)CCCC(NC)c1cc(F)ccc1F. The van der Waals surface area contributed by atoms with E-state index in [1.54, 1.807) is 14.0 Å². The van der Waals surface area contributed by atoms with Gasteiger partial charge in [0.1, 0.15) is 21.5 Å². The third-order valence-electron chi connectivity index (χ3n) is 3.07. The van der Waals surface area contributed by atoms with Crippen molar-refractivity contribution < 1.29 is 17.2 Å². The molecule has 0 saturated heterocycles. The molecule has 0 radical (unpaired) electrons. The summed E-state index contributed by atoms with van der Waals surface area (Å²) in [7, 11) is -1.38. The molecule has 0 fully saturated rings. The van der Waals surface area contributed by atoms with Crippen molar-refractivity contribution in [2.75, 3.05) is 18.6 Å². The van der Waals surface area contributed by atoms with E-state index in [0.717, 1.165) is 18.2 Å². The van der Waals surface area contributed by atoms with E-state index in [4.69, 9.17) is 0 Å². The fourth-order valence-corrected chi connectivity index (χ4v) is 2.78. The minimum atomic E-state index is -3.02. The molecule has 0 aliphatic rings. The number of benzene rings is 1. The van der Waals surface area contributed by atoms with Gasteiger partial charge in [-0.1, -0.05) is 6.92 Å². The quantitative estimate of drug-likeness (QED) is 0.839. The molecule has 0 bridgehead atoms. The lowest BCUT2D eigenvalue weighted by Gasteiger charge is -2.17. The molecule has 0 spiro atoms. The Hall–Kier alpha value is -1.01. The van der Waals surface area contributed by atoms with Crippen LogP contribution in [0, 0.1) is 11.6 Å². The molecule has 19 heavy (non-hydrogen) atoms. The summed E-state index contributed by atoms with van der Waals surface area (Å²) in [4.78, 5) is 0. The fourth-order valence-electron chi connectivity index (χ4n) is 1.89. The highest BCUT2D eigenvalue weighted by molar-refractivity contribution is 7.91. The standard InChI is InChI=1S/C13H19F2NO2S/c1-3-19(17,18)8-4-5-13(16-2)11-9-10(14)6-7-12(11)15/h6-7,9,13,16H,3-5,8H2,1-2H3. The second kappa shape index (κ2) is 6.96. The summed E-state index contributed by atoms with van der Waals surface area (Å²) in [5.41, 5.74) is 0.233. The smallest absolute Gasteiger partial charge is 0.150 e. The lowest BCUT2D eigenvalue weighted by atomic mass is 10.0. The van der Waals surface area contributed by atoms with Crippen LogP contribution in [0.4, 0.5) is 8.78 Å². The number of sulfone groups is 1. The fraction of sp³-hybridized carbons (Fsp3) is 0.538. The van der Waals surface area contributed by atoms with Crippen LogP contribution in [-0.2, 0) is 9.84 Å². The zero-order valence-corrected chi connectivity index (χ0v) is 11.9. The number of halogens is 2. The molecule has 1 rings (SSSR count). The average molecular weight is 291 g/mol. The van der Waals surface area contributed by atoms with Crippen molar-refractivity contribution in [1.29, 1.82) is 0 Å². The summed E-state index contributed by atoms with van der Waals surface area (Å²) >= 11 is 0.